The van der Waals surface area contributed by atoms with Crippen LogP contribution in [0.15, 0.2) is 54.6 Å². The molecule has 3 rings (SSSR count). The minimum absolute atomic E-state index is 0.702. The van der Waals surface area contributed by atoms with E-state index in [2.05, 4.69) is 23.5 Å². The molecule has 2 nitrogen and oxygen atoms in total. The van der Waals surface area contributed by atoms with Gasteiger partial charge >= 0.3 is 0 Å². The van der Waals surface area contributed by atoms with E-state index in [0.29, 0.717) is 6.04 Å². The van der Waals surface area contributed by atoms with Gasteiger partial charge in [-0.15, -0.1) is 0 Å². The number of rotatable bonds is 5. The molecule has 1 aliphatic rings. The van der Waals surface area contributed by atoms with Crippen molar-refractivity contribution in [2.45, 2.75) is 38.3 Å². The molecule has 0 aliphatic heterocycles. The van der Waals surface area contributed by atoms with Crippen molar-refractivity contribution in [3.05, 3.63) is 60.2 Å². The van der Waals surface area contributed by atoms with Crippen LogP contribution in [0.5, 0.6) is 11.5 Å². The predicted octanol–water partition coefficient (Wildman–Crippen LogP) is 4.51. The summed E-state index contributed by atoms with van der Waals surface area (Å²) in [6.07, 6.45) is 5.38. The van der Waals surface area contributed by atoms with E-state index in [1.54, 1.807) is 0 Å². The second-order valence-electron chi connectivity index (χ2n) is 5.42. The first-order valence-electron chi connectivity index (χ1n) is 7.45. The zero-order valence-corrected chi connectivity index (χ0v) is 11.7. The zero-order valence-electron chi connectivity index (χ0n) is 11.7. The Labute approximate surface area is 120 Å². The Morgan fingerprint density at radius 3 is 2.45 bits per heavy atom. The average molecular weight is 267 g/mol. The van der Waals surface area contributed by atoms with Crippen LogP contribution in [0.4, 0.5) is 0 Å². The molecule has 1 saturated carbocycles. The third kappa shape index (κ3) is 3.61. The smallest absolute Gasteiger partial charge is 0.127 e. The first kappa shape index (κ1) is 13.2. The second kappa shape index (κ2) is 6.58. The fourth-order valence-electron chi connectivity index (χ4n) is 2.74. The van der Waals surface area contributed by atoms with E-state index < -0.39 is 0 Å². The molecule has 0 radical (unpaired) electrons. The first-order valence-corrected chi connectivity index (χ1v) is 7.45. The fraction of sp³-hybridized carbons (Fsp3) is 0.333. The molecule has 0 aromatic heterocycles. The van der Waals surface area contributed by atoms with Crippen molar-refractivity contribution in [2.24, 2.45) is 0 Å². The zero-order chi connectivity index (χ0) is 13.6. The highest BCUT2D eigenvalue weighted by atomic mass is 16.5. The van der Waals surface area contributed by atoms with Gasteiger partial charge in [0.25, 0.3) is 0 Å². The summed E-state index contributed by atoms with van der Waals surface area (Å²) in [6.45, 7) is 0.927. The van der Waals surface area contributed by atoms with Gasteiger partial charge in [-0.1, -0.05) is 43.2 Å². The number of nitrogens with one attached hydrogen (secondary N) is 1. The van der Waals surface area contributed by atoms with E-state index in [1.165, 1.54) is 31.2 Å². The van der Waals surface area contributed by atoms with Crippen LogP contribution >= 0.6 is 0 Å². The van der Waals surface area contributed by atoms with Crippen molar-refractivity contribution in [1.82, 2.24) is 5.32 Å². The maximum atomic E-state index is 5.86. The van der Waals surface area contributed by atoms with Crippen LogP contribution in [0.1, 0.15) is 31.2 Å². The molecular weight excluding hydrogens is 246 g/mol. The second-order valence-corrected chi connectivity index (χ2v) is 5.42. The van der Waals surface area contributed by atoms with Gasteiger partial charge in [0, 0.05) is 12.6 Å². The molecule has 0 saturated heterocycles. The van der Waals surface area contributed by atoms with Crippen molar-refractivity contribution in [1.29, 1.82) is 0 Å². The molecule has 0 spiro atoms. The molecule has 1 aliphatic carbocycles. The number of benzene rings is 2. The van der Waals surface area contributed by atoms with Crippen LogP contribution in [0, 0.1) is 0 Å². The molecule has 2 heteroatoms. The van der Waals surface area contributed by atoms with Gasteiger partial charge in [0.1, 0.15) is 11.5 Å². The number of hydrogen-bond donors (Lipinski definition) is 1. The van der Waals surface area contributed by atoms with Gasteiger partial charge in [-0.2, -0.15) is 0 Å². The largest absolute Gasteiger partial charge is 0.457 e. The fourth-order valence-corrected chi connectivity index (χ4v) is 2.74. The van der Waals surface area contributed by atoms with E-state index >= 15 is 0 Å². The predicted molar refractivity (Wildman–Crippen MR) is 82.1 cm³/mol. The summed E-state index contributed by atoms with van der Waals surface area (Å²) in [5.74, 6) is 1.79. The molecule has 2 aromatic rings. The molecular formula is C18H21NO. The Bertz CT molecular complexity index is 532. The molecule has 0 bridgehead atoms. The summed E-state index contributed by atoms with van der Waals surface area (Å²) >= 11 is 0. The van der Waals surface area contributed by atoms with Crippen molar-refractivity contribution in [2.75, 3.05) is 0 Å². The third-order valence-corrected chi connectivity index (χ3v) is 3.83. The maximum Gasteiger partial charge on any atom is 0.127 e. The average Bonchev–Trinajstić information content (AvgIpc) is 3.00. The van der Waals surface area contributed by atoms with Gasteiger partial charge in [0.05, 0.1) is 0 Å². The van der Waals surface area contributed by atoms with Crippen LogP contribution in [0.3, 0.4) is 0 Å². The Kier molecular flexibility index (Phi) is 4.34. The first-order chi connectivity index (χ1) is 9.90. The topological polar surface area (TPSA) is 21.3 Å². The number of hydrogen-bond acceptors (Lipinski definition) is 2. The summed E-state index contributed by atoms with van der Waals surface area (Å²) in [4.78, 5) is 0. The van der Waals surface area contributed by atoms with Crippen LogP contribution in [0.2, 0.25) is 0 Å². The molecule has 0 heterocycles. The monoisotopic (exact) mass is 267 g/mol. The third-order valence-electron chi connectivity index (χ3n) is 3.83. The van der Waals surface area contributed by atoms with Gasteiger partial charge in [0.15, 0.2) is 0 Å². The molecule has 0 amide bonds. The lowest BCUT2D eigenvalue weighted by Crippen LogP contribution is -2.25. The molecule has 1 N–H and O–H groups in total. The van der Waals surface area contributed by atoms with E-state index in [0.717, 1.165) is 18.0 Å². The SMILES string of the molecule is c1ccc(Oc2cccc(CNC3CCCC3)c2)cc1. The van der Waals surface area contributed by atoms with Gasteiger partial charge in [-0.05, 0) is 42.7 Å². The van der Waals surface area contributed by atoms with Crippen LogP contribution in [-0.2, 0) is 6.54 Å². The van der Waals surface area contributed by atoms with Crippen molar-refractivity contribution < 1.29 is 4.74 Å². The normalized spacial score (nSPS) is 15.4. The van der Waals surface area contributed by atoms with Gasteiger partial charge in [-0.3, -0.25) is 0 Å². The molecule has 104 valence electrons. The van der Waals surface area contributed by atoms with Gasteiger partial charge in [0.2, 0.25) is 0 Å². The number of para-hydroxylation sites is 1. The van der Waals surface area contributed by atoms with Crippen molar-refractivity contribution in [3.63, 3.8) is 0 Å². The standard InChI is InChI=1S/C18H21NO/c1-2-10-17(11-3-1)20-18-12-6-7-15(13-18)14-19-16-8-4-5-9-16/h1-3,6-7,10-13,16,19H,4-5,8-9,14H2. The van der Waals surface area contributed by atoms with Crippen LogP contribution in [0.25, 0.3) is 0 Å². The molecule has 2 aromatic carbocycles. The molecule has 0 atom stereocenters. The van der Waals surface area contributed by atoms with E-state index in [9.17, 15) is 0 Å². The Morgan fingerprint density at radius 1 is 0.900 bits per heavy atom. The molecule has 0 unspecified atom stereocenters. The lowest BCUT2D eigenvalue weighted by molar-refractivity contribution is 0.480. The highest BCUT2D eigenvalue weighted by Gasteiger charge is 2.13. The highest BCUT2D eigenvalue weighted by molar-refractivity contribution is 5.33. The van der Waals surface area contributed by atoms with E-state index in [-0.39, 0.29) is 0 Å². The quantitative estimate of drug-likeness (QED) is 0.860. The maximum absolute atomic E-state index is 5.86. The van der Waals surface area contributed by atoms with Crippen LogP contribution < -0.4 is 10.1 Å². The van der Waals surface area contributed by atoms with E-state index in [4.69, 9.17) is 4.74 Å². The minimum Gasteiger partial charge on any atom is -0.457 e. The minimum atomic E-state index is 0.702. The molecule has 20 heavy (non-hydrogen) atoms. The Morgan fingerprint density at radius 2 is 1.65 bits per heavy atom. The summed E-state index contributed by atoms with van der Waals surface area (Å²) in [7, 11) is 0. The van der Waals surface area contributed by atoms with Gasteiger partial charge in [-0.25, -0.2) is 0 Å². The Balaban J connectivity index is 1.60. The summed E-state index contributed by atoms with van der Waals surface area (Å²) < 4.78 is 5.86. The number of ether oxygens (including phenoxy) is 1. The summed E-state index contributed by atoms with van der Waals surface area (Å²) in [5.41, 5.74) is 1.28. The highest BCUT2D eigenvalue weighted by Crippen LogP contribution is 2.22. The van der Waals surface area contributed by atoms with Crippen molar-refractivity contribution in [3.8, 4) is 11.5 Å². The Hall–Kier alpha value is -1.80. The summed E-state index contributed by atoms with van der Waals surface area (Å²) in [5, 5.41) is 3.63. The summed E-state index contributed by atoms with van der Waals surface area (Å²) in [6, 6.07) is 19.0. The van der Waals surface area contributed by atoms with E-state index in [1.807, 2.05) is 36.4 Å². The lowest BCUT2D eigenvalue weighted by atomic mass is 10.2. The van der Waals surface area contributed by atoms with Crippen molar-refractivity contribution >= 4 is 0 Å². The van der Waals surface area contributed by atoms with Crippen LogP contribution in [-0.4, -0.2) is 6.04 Å². The lowest BCUT2D eigenvalue weighted by Gasteiger charge is -2.12. The molecule has 1 fully saturated rings. The van der Waals surface area contributed by atoms with Gasteiger partial charge < -0.3 is 10.1 Å².